The van der Waals surface area contributed by atoms with Crippen LogP contribution in [0.2, 0.25) is 0 Å². The summed E-state index contributed by atoms with van der Waals surface area (Å²) >= 11 is 0. The third-order valence-electron chi connectivity index (χ3n) is 6.25. The number of carbonyl (C=O) groups excluding carboxylic acids is 1. The van der Waals surface area contributed by atoms with E-state index in [0.29, 0.717) is 5.56 Å². The van der Waals surface area contributed by atoms with E-state index in [1.165, 1.54) is 5.56 Å². The van der Waals surface area contributed by atoms with E-state index in [-0.39, 0.29) is 5.91 Å². The second-order valence-electron chi connectivity index (χ2n) is 8.00. The van der Waals surface area contributed by atoms with Gasteiger partial charge in [0.25, 0.3) is 5.91 Å². The average Bonchev–Trinajstić information content (AvgIpc) is 3.09. The summed E-state index contributed by atoms with van der Waals surface area (Å²) in [6.45, 7) is 6.12. The van der Waals surface area contributed by atoms with Gasteiger partial charge in [0.15, 0.2) is 0 Å². The van der Waals surface area contributed by atoms with Gasteiger partial charge in [-0.2, -0.15) is 0 Å². The van der Waals surface area contributed by atoms with Gasteiger partial charge < -0.3 is 9.47 Å². The Morgan fingerprint density at radius 1 is 1.00 bits per heavy atom. The Kier molecular flexibility index (Phi) is 5.22. The molecule has 5 heteroatoms. The molecule has 2 heterocycles. The van der Waals surface area contributed by atoms with Crippen molar-refractivity contribution in [1.29, 1.82) is 0 Å². The number of methoxy groups -OCH3 is 1. The number of morpholine rings is 1. The molecule has 158 valence electrons. The molecule has 5 rings (SSSR count). The monoisotopic (exact) mass is 414 g/mol. The van der Waals surface area contributed by atoms with Gasteiger partial charge in [-0.25, -0.2) is 0 Å². The lowest BCUT2D eigenvalue weighted by molar-refractivity contribution is 0.0342. The molecule has 0 bridgehead atoms. The van der Waals surface area contributed by atoms with Crippen LogP contribution in [0.4, 0.5) is 0 Å². The van der Waals surface area contributed by atoms with Crippen LogP contribution >= 0.6 is 0 Å². The Hall–Kier alpha value is -3.15. The van der Waals surface area contributed by atoms with Gasteiger partial charge in [-0.05, 0) is 47.5 Å². The maximum absolute atomic E-state index is 13.9. The molecule has 0 spiro atoms. The predicted molar refractivity (Wildman–Crippen MR) is 123 cm³/mol. The van der Waals surface area contributed by atoms with Gasteiger partial charge in [0.2, 0.25) is 0 Å². The Balaban J connectivity index is 1.67. The summed E-state index contributed by atoms with van der Waals surface area (Å²) in [5, 5.41) is 3.11. The van der Waals surface area contributed by atoms with Gasteiger partial charge in [0, 0.05) is 36.3 Å². The van der Waals surface area contributed by atoms with Crippen molar-refractivity contribution in [3.8, 4) is 5.75 Å². The fourth-order valence-corrected chi connectivity index (χ4v) is 4.57. The van der Waals surface area contributed by atoms with Crippen molar-refractivity contribution in [1.82, 2.24) is 9.47 Å². The van der Waals surface area contributed by atoms with E-state index in [4.69, 9.17) is 9.47 Å². The Morgan fingerprint density at radius 2 is 1.77 bits per heavy atom. The third-order valence-corrected chi connectivity index (χ3v) is 6.25. The fraction of sp³-hybridized carbons (Fsp3) is 0.269. The lowest BCUT2D eigenvalue weighted by Crippen LogP contribution is -2.35. The van der Waals surface area contributed by atoms with Crippen molar-refractivity contribution in [3.63, 3.8) is 0 Å². The minimum atomic E-state index is -0.00213. The van der Waals surface area contributed by atoms with E-state index in [1.807, 2.05) is 72.2 Å². The molecule has 31 heavy (non-hydrogen) atoms. The smallest absolute Gasteiger partial charge is 0.263 e. The van der Waals surface area contributed by atoms with Crippen LogP contribution in [0, 0.1) is 6.92 Å². The standard InChI is InChI=1S/C26H26N2O3/c1-18-24(17-27-12-14-31-15-13-27)23-16-20(30-2)10-11-25(23)28(18)26(29)22-9-5-7-19-6-3-4-8-21(19)22/h3-11,16H,12-15,17H2,1-2H3. The van der Waals surface area contributed by atoms with Crippen molar-refractivity contribution in [3.05, 3.63) is 77.5 Å². The van der Waals surface area contributed by atoms with E-state index >= 15 is 0 Å². The molecule has 1 fully saturated rings. The highest BCUT2D eigenvalue weighted by atomic mass is 16.5. The summed E-state index contributed by atoms with van der Waals surface area (Å²) in [6.07, 6.45) is 0. The Bertz CT molecular complexity index is 1260. The van der Waals surface area contributed by atoms with Gasteiger partial charge in [-0.15, -0.1) is 0 Å². The molecule has 0 radical (unpaired) electrons. The Morgan fingerprint density at radius 3 is 2.58 bits per heavy atom. The third kappa shape index (κ3) is 3.50. The topological polar surface area (TPSA) is 43.7 Å². The van der Waals surface area contributed by atoms with E-state index in [0.717, 1.165) is 66.0 Å². The molecule has 0 atom stereocenters. The number of benzene rings is 3. The first-order valence-corrected chi connectivity index (χ1v) is 10.7. The predicted octanol–water partition coefficient (Wildman–Crippen LogP) is 4.63. The first-order valence-electron chi connectivity index (χ1n) is 10.7. The molecule has 0 unspecified atom stereocenters. The molecule has 1 aromatic heterocycles. The maximum atomic E-state index is 13.9. The largest absolute Gasteiger partial charge is 0.497 e. The molecule has 5 nitrogen and oxygen atoms in total. The zero-order valence-corrected chi connectivity index (χ0v) is 17.9. The van der Waals surface area contributed by atoms with Crippen molar-refractivity contribution in [2.24, 2.45) is 0 Å². The molecule has 4 aromatic rings. The summed E-state index contributed by atoms with van der Waals surface area (Å²) in [7, 11) is 1.67. The van der Waals surface area contributed by atoms with Gasteiger partial charge >= 0.3 is 0 Å². The van der Waals surface area contributed by atoms with Gasteiger partial charge in [0.1, 0.15) is 5.75 Å². The number of hydrogen-bond acceptors (Lipinski definition) is 4. The highest BCUT2D eigenvalue weighted by Crippen LogP contribution is 2.32. The van der Waals surface area contributed by atoms with Crippen LogP contribution < -0.4 is 4.74 Å². The maximum Gasteiger partial charge on any atom is 0.263 e. The SMILES string of the molecule is COc1ccc2c(c1)c(CN1CCOCC1)c(C)n2C(=O)c1cccc2ccccc12. The second-order valence-corrected chi connectivity index (χ2v) is 8.00. The zero-order valence-electron chi connectivity index (χ0n) is 17.9. The first-order chi connectivity index (χ1) is 15.2. The van der Waals surface area contributed by atoms with Gasteiger partial charge in [0.05, 0.1) is 25.8 Å². The van der Waals surface area contributed by atoms with Crippen LogP contribution in [0.15, 0.2) is 60.7 Å². The van der Waals surface area contributed by atoms with Gasteiger partial charge in [-0.3, -0.25) is 14.3 Å². The molecule has 0 N–H and O–H groups in total. The summed E-state index contributed by atoms with van der Waals surface area (Å²) < 4.78 is 12.9. The highest BCUT2D eigenvalue weighted by Gasteiger charge is 2.23. The number of ether oxygens (including phenoxy) is 2. The van der Waals surface area contributed by atoms with Crippen molar-refractivity contribution in [2.75, 3.05) is 33.4 Å². The van der Waals surface area contributed by atoms with Crippen LogP contribution in [0.25, 0.3) is 21.7 Å². The van der Waals surface area contributed by atoms with E-state index in [1.54, 1.807) is 7.11 Å². The molecule has 1 saturated heterocycles. The summed E-state index contributed by atoms with van der Waals surface area (Å²) in [4.78, 5) is 16.2. The van der Waals surface area contributed by atoms with Crippen LogP contribution in [0.1, 0.15) is 21.6 Å². The quantitative estimate of drug-likeness (QED) is 0.488. The first kappa shape index (κ1) is 19.8. The number of hydrogen-bond donors (Lipinski definition) is 0. The average molecular weight is 415 g/mol. The van der Waals surface area contributed by atoms with Crippen LogP contribution in [-0.4, -0.2) is 48.8 Å². The van der Waals surface area contributed by atoms with Crippen LogP contribution in [-0.2, 0) is 11.3 Å². The van der Waals surface area contributed by atoms with Crippen molar-refractivity contribution in [2.45, 2.75) is 13.5 Å². The summed E-state index contributed by atoms with van der Waals surface area (Å²) in [5.74, 6) is 0.795. The lowest BCUT2D eigenvalue weighted by Gasteiger charge is -2.26. The summed E-state index contributed by atoms with van der Waals surface area (Å²) in [6, 6.07) is 19.9. The number of fused-ring (bicyclic) bond motifs is 2. The van der Waals surface area contributed by atoms with Gasteiger partial charge in [-0.1, -0.05) is 36.4 Å². The number of rotatable bonds is 4. The normalized spacial score (nSPS) is 14.9. The number of carbonyl (C=O) groups is 1. The molecule has 1 aliphatic rings. The van der Waals surface area contributed by atoms with Crippen molar-refractivity contribution < 1.29 is 14.3 Å². The molecule has 0 aliphatic carbocycles. The number of aromatic nitrogens is 1. The molecule has 0 saturated carbocycles. The van der Waals surface area contributed by atoms with Crippen LogP contribution in [0.5, 0.6) is 5.75 Å². The van der Waals surface area contributed by atoms with E-state index < -0.39 is 0 Å². The molecule has 0 amide bonds. The van der Waals surface area contributed by atoms with E-state index in [2.05, 4.69) is 4.90 Å². The molecule has 3 aromatic carbocycles. The highest BCUT2D eigenvalue weighted by molar-refractivity contribution is 6.11. The Labute approximate surface area is 181 Å². The number of nitrogens with zero attached hydrogens (tertiary/aromatic N) is 2. The fourth-order valence-electron chi connectivity index (χ4n) is 4.57. The molecular weight excluding hydrogens is 388 g/mol. The molecule has 1 aliphatic heterocycles. The van der Waals surface area contributed by atoms with E-state index in [9.17, 15) is 4.79 Å². The lowest BCUT2D eigenvalue weighted by atomic mass is 10.0. The minimum Gasteiger partial charge on any atom is -0.497 e. The molecular formula is C26H26N2O3. The second kappa shape index (κ2) is 8.17. The minimum absolute atomic E-state index is 0.00213. The zero-order chi connectivity index (χ0) is 21.4. The summed E-state index contributed by atoms with van der Waals surface area (Å²) in [5.41, 5.74) is 3.78. The van der Waals surface area contributed by atoms with Crippen LogP contribution in [0.3, 0.4) is 0 Å². The van der Waals surface area contributed by atoms with Crippen molar-refractivity contribution >= 4 is 27.6 Å².